The Balaban J connectivity index is 2.07. The van der Waals surface area contributed by atoms with Crippen molar-refractivity contribution >= 4 is 20.9 Å². The molecule has 3 aliphatic rings. The van der Waals surface area contributed by atoms with E-state index in [4.69, 9.17) is 0 Å². The summed E-state index contributed by atoms with van der Waals surface area (Å²) in [6.45, 7) is 0. The molecule has 3 saturated carbocycles. The van der Waals surface area contributed by atoms with Crippen molar-refractivity contribution in [2.45, 2.75) is 83.5 Å². The predicted octanol–water partition coefficient (Wildman–Crippen LogP) is 3.94. The van der Waals surface area contributed by atoms with Crippen molar-refractivity contribution in [2.75, 3.05) is 0 Å². The van der Waals surface area contributed by atoms with Crippen molar-refractivity contribution in [1.82, 2.24) is 0 Å². The molecule has 0 heterocycles. The Morgan fingerprint density at radius 3 is 1.73 bits per heavy atom. The van der Waals surface area contributed by atoms with E-state index in [1.165, 1.54) is 38.5 Å². The average Bonchev–Trinajstić information content (AvgIpc) is 2.55. The van der Waals surface area contributed by atoms with Crippen LogP contribution in [0.1, 0.15) is 83.5 Å². The fraction of sp³-hybridized carbons (Fsp3) is 0.889. The van der Waals surface area contributed by atoms with Crippen LogP contribution in [0, 0.1) is 17.3 Å². The number of carbonyl (C=O) groups is 1. The molecular formula is C18H28O3S. The van der Waals surface area contributed by atoms with Gasteiger partial charge in [0, 0.05) is 11.8 Å². The first-order chi connectivity index (χ1) is 10.7. The van der Waals surface area contributed by atoms with E-state index in [1.807, 2.05) is 0 Å². The molecule has 0 aromatic carbocycles. The van der Waals surface area contributed by atoms with Gasteiger partial charge in [0.2, 0.25) is 10.3 Å². The zero-order valence-corrected chi connectivity index (χ0v) is 14.3. The van der Waals surface area contributed by atoms with Crippen molar-refractivity contribution in [3.63, 3.8) is 0 Å². The zero-order chi connectivity index (χ0) is 15.6. The zero-order valence-electron chi connectivity index (χ0n) is 13.5. The Hall–Kier alpha value is -0.640. The summed E-state index contributed by atoms with van der Waals surface area (Å²) in [6, 6.07) is 0. The molecule has 0 aliphatic heterocycles. The van der Waals surface area contributed by atoms with Gasteiger partial charge >= 0.3 is 0 Å². The summed E-state index contributed by atoms with van der Waals surface area (Å²) in [6.07, 6.45) is 14.0. The van der Waals surface area contributed by atoms with Gasteiger partial charge in [0.1, 0.15) is 4.86 Å². The molecule has 0 unspecified atom stereocenters. The highest BCUT2D eigenvalue weighted by Gasteiger charge is 2.53. The summed E-state index contributed by atoms with van der Waals surface area (Å²) in [5.74, 6) is 0.763. The van der Waals surface area contributed by atoms with Crippen LogP contribution in [0.2, 0.25) is 0 Å². The van der Waals surface area contributed by atoms with Gasteiger partial charge in [0.25, 0.3) is 0 Å². The SMILES string of the molecule is O=C1CCCC(C2CCCCC2)(C2CCCCC2)C1=S(=O)=O. The number of ketones is 1. The molecule has 3 nitrogen and oxygen atoms in total. The summed E-state index contributed by atoms with van der Waals surface area (Å²) >= 11 is 0. The van der Waals surface area contributed by atoms with E-state index in [-0.39, 0.29) is 11.2 Å². The summed E-state index contributed by atoms with van der Waals surface area (Å²) in [5.41, 5.74) is -0.317. The van der Waals surface area contributed by atoms with Crippen LogP contribution in [-0.4, -0.2) is 19.1 Å². The molecule has 0 spiro atoms. The van der Waals surface area contributed by atoms with Crippen LogP contribution in [0.5, 0.6) is 0 Å². The minimum absolute atomic E-state index is 0.0734. The maximum absolute atomic E-state index is 12.5. The van der Waals surface area contributed by atoms with E-state index in [0.29, 0.717) is 23.1 Å². The molecule has 0 aromatic rings. The van der Waals surface area contributed by atoms with E-state index in [9.17, 15) is 13.2 Å². The third-order valence-electron chi connectivity index (χ3n) is 6.50. The minimum atomic E-state index is -2.34. The summed E-state index contributed by atoms with van der Waals surface area (Å²) in [4.78, 5) is 12.8. The van der Waals surface area contributed by atoms with Gasteiger partial charge in [-0.3, -0.25) is 4.79 Å². The first-order valence-electron chi connectivity index (χ1n) is 9.16. The monoisotopic (exact) mass is 324 g/mol. The second-order valence-electron chi connectivity index (χ2n) is 7.55. The second kappa shape index (κ2) is 6.86. The molecule has 124 valence electrons. The Labute approximate surface area is 135 Å². The maximum Gasteiger partial charge on any atom is 0.221 e. The normalized spacial score (nSPS) is 27.8. The number of hydrogen-bond acceptors (Lipinski definition) is 3. The molecule has 22 heavy (non-hydrogen) atoms. The molecule has 0 amide bonds. The van der Waals surface area contributed by atoms with Crippen molar-refractivity contribution < 1.29 is 13.2 Å². The predicted molar refractivity (Wildman–Crippen MR) is 88.4 cm³/mol. The van der Waals surface area contributed by atoms with Crippen LogP contribution >= 0.6 is 0 Å². The molecule has 4 heteroatoms. The van der Waals surface area contributed by atoms with Crippen molar-refractivity contribution in [3.05, 3.63) is 0 Å². The lowest BCUT2D eigenvalue weighted by Gasteiger charge is -2.50. The standard InChI is InChI=1S/C18H28O3S/c19-16-12-7-13-18(17(16)22(20)21,14-8-3-1-4-9-14)15-10-5-2-6-11-15/h14-15H,1-13H2. The number of carbonyl (C=O) groups excluding carboxylic acids is 1. The summed E-state index contributed by atoms with van der Waals surface area (Å²) in [7, 11) is -2.34. The Morgan fingerprint density at radius 1 is 0.773 bits per heavy atom. The lowest BCUT2D eigenvalue weighted by Crippen LogP contribution is -2.52. The highest BCUT2D eigenvalue weighted by atomic mass is 32.2. The molecule has 3 aliphatic carbocycles. The van der Waals surface area contributed by atoms with Crippen LogP contribution in [0.4, 0.5) is 0 Å². The fourth-order valence-corrected chi connectivity index (χ4v) is 6.66. The smallest absolute Gasteiger partial charge is 0.221 e. The van der Waals surface area contributed by atoms with Crippen molar-refractivity contribution in [2.24, 2.45) is 17.3 Å². The van der Waals surface area contributed by atoms with Gasteiger partial charge in [-0.2, -0.15) is 8.42 Å². The lowest BCUT2D eigenvalue weighted by atomic mass is 9.53. The quantitative estimate of drug-likeness (QED) is 0.723. The molecule has 0 radical (unpaired) electrons. The van der Waals surface area contributed by atoms with Gasteiger partial charge in [-0.15, -0.1) is 0 Å². The maximum atomic E-state index is 12.5. The van der Waals surface area contributed by atoms with Gasteiger partial charge < -0.3 is 0 Å². The van der Waals surface area contributed by atoms with Crippen LogP contribution < -0.4 is 0 Å². The van der Waals surface area contributed by atoms with E-state index >= 15 is 0 Å². The third kappa shape index (κ3) is 2.79. The molecule has 0 saturated heterocycles. The fourth-order valence-electron chi connectivity index (χ4n) is 5.62. The minimum Gasteiger partial charge on any atom is -0.293 e. The summed E-state index contributed by atoms with van der Waals surface area (Å²) < 4.78 is 24.0. The van der Waals surface area contributed by atoms with E-state index in [1.54, 1.807) is 0 Å². The molecule has 0 N–H and O–H groups in total. The van der Waals surface area contributed by atoms with Gasteiger partial charge in [-0.25, -0.2) is 0 Å². The second-order valence-corrected chi connectivity index (χ2v) is 8.43. The Morgan fingerprint density at radius 2 is 1.27 bits per heavy atom. The first kappa shape index (κ1) is 16.2. The summed E-state index contributed by atoms with van der Waals surface area (Å²) in [5, 5.41) is 0. The number of hydrogen-bond donors (Lipinski definition) is 0. The number of Topliss-reactive ketones (excluding diaryl/α,β-unsaturated/α-hetero) is 1. The molecule has 0 aromatic heterocycles. The van der Waals surface area contributed by atoms with Gasteiger partial charge in [-0.05, 0) is 50.4 Å². The van der Waals surface area contributed by atoms with Crippen LogP contribution in [-0.2, 0) is 15.1 Å². The first-order valence-corrected chi connectivity index (χ1v) is 10.2. The third-order valence-corrected chi connectivity index (χ3v) is 7.45. The van der Waals surface area contributed by atoms with Gasteiger partial charge in [-0.1, -0.05) is 38.5 Å². The largest absolute Gasteiger partial charge is 0.293 e. The van der Waals surface area contributed by atoms with Gasteiger partial charge in [0.05, 0.1) is 0 Å². The number of rotatable bonds is 2. The van der Waals surface area contributed by atoms with Crippen molar-refractivity contribution in [1.29, 1.82) is 0 Å². The topological polar surface area (TPSA) is 51.2 Å². The molecular weight excluding hydrogens is 296 g/mol. The van der Waals surface area contributed by atoms with E-state index in [2.05, 4.69) is 0 Å². The van der Waals surface area contributed by atoms with Crippen LogP contribution in [0.25, 0.3) is 0 Å². The Bertz CT molecular complexity index is 523. The van der Waals surface area contributed by atoms with E-state index < -0.39 is 10.3 Å². The van der Waals surface area contributed by atoms with Crippen molar-refractivity contribution in [3.8, 4) is 0 Å². The van der Waals surface area contributed by atoms with Crippen LogP contribution in [0.3, 0.4) is 0 Å². The molecule has 0 bridgehead atoms. The average molecular weight is 324 g/mol. The lowest BCUT2D eigenvalue weighted by molar-refractivity contribution is -0.115. The highest BCUT2D eigenvalue weighted by molar-refractivity contribution is 7.75. The molecule has 3 rings (SSSR count). The highest BCUT2D eigenvalue weighted by Crippen LogP contribution is 2.54. The molecule has 3 fully saturated rings. The van der Waals surface area contributed by atoms with E-state index in [0.717, 1.165) is 38.5 Å². The Kier molecular flexibility index (Phi) is 5.06. The molecule has 0 atom stereocenters. The van der Waals surface area contributed by atoms with Crippen LogP contribution in [0.15, 0.2) is 0 Å². The van der Waals surface area contributed by atoms with Gasteiger partial charge in [0.15, 0.2) is 5.78 Å².